The second-order valence-corrected chi connectivity index (χ2v) is 7.77. The molecule has 0 aliphatic carbocycles. The molecule has 0 radical (unpaired) electrons. The van der Waals surface area contributed by atoms with E-state index in [0.29, 0.717) is 25.8 Å². The molecule has 7 heteroatoms. The molecule has 138 valence electrons. The summed E-state index contributed by atoms with van der Waals surface area (Å²) in [4.78, 5) is 3.90. The Balaban J connectivity index is 0. The van der Waals surface area contributed by atoms with Crippen LogP contribution in [0.5, 0.6) is 0 Å². The van der Waals surface area contributed by atoms with E-state index in [1.165, 1.54) is 51.4 Å². The van der Waals surface area contributed by atoms with Crippen molar-refractivity contribution in [2.45, 2.75) is 90.4 Å². The van der Waals surface area contributed by atoms with Gasteiger partial charge in [-0.2, -0.15) is 8.42 Å². The average molecular weight is 388 g/mol. The molecule has 5 nitrogen and oxygen atoms in total. The maximum absolute atomic E-state index is 11.5. The van der Waals surface area contributed by atoms with Crippen molar-refractivity contribution in [3.8, 4) is 0 Å². The van der Waals surface area contributed by atoms with Gasteiger partial charge in [-0.05, 0) is 31.6 Å². The first-order chi connectivity index (χ1) is 11.0. The zero-order chi connectivity index (χ0) is 17.4. The molecule has 0 heterocycles. The van der Waals surface area contributed by atoms with Gasteiger partial charge in [-0.1, -0.05) is 64.7 Å². The topological polar surface area (TPSA) is 89.8 Å². The summed E-state index contributed by atoms with van der Waals surface area (Å²) in [6.07, 6.45) is 13.8. The minimum Gasteiger partial charge on any atom is -0.862 e. The van der Waals surface area contributed by atoms with E-state index in [0.717, 1.165) is 12.8 Å². The fourth-order valence-electron chi connectivity index (χ4n) is 2.44. The van der Waals surface area contributed by atoms with Crippen LogP contribution in [0.25, 0.3) is 0 Å². The maximum atomic E-state index is 11.5. The Hall–Kier alpha value is 1.02. The first-order valence-electron chi connectivity index (χ1n) is 9.11. The van der Waals surface area contributed by atoms with Crippen molar-refractivity contribution in [3.05, 3.63) is 0 Å². The Morgan fingerprint density at radius 3 is 1.88 bits per heavy atom. The normalized spacial score (nSPS) is 12.2. The molecule has 1 N–H and O–H groups in total. The van der Waals surface area contributed by atoms with Crippen molar-refractivity contribution in [2.24, 2.45) is 4.99 Å². The summed E-state index contributed by atoms with van der Waals surface area (Å²) in [6.45, 7) is 2.58. The quantitative estimate of drug-likeness (QED) is 0.139. The largest absolute Gasteiger partial charge is 1.00 e. The van der Waals surface area contributed by atoms with Gasteiger partial charge in [0.15, 0.2) is 0 Å². The monoisotopic (exact) mass is 387 g/mol. The second-order valence-electron chi connectivity index (χ2n) is 6.20. The van der Waals surface area contributed by atoms with Crippen molar-refractivity contribution in [2.75, 3.05) is 12.3 Å². The maximum Gasteiger partial charge on any atom is 1.00 e. The molecule has 0 aliphatic rings. The first kappa shape index (κ1) is 27.2. The molecule has 0 atom stereocenters. The van der Waals surface area contributed by atoms with Crippen LogP contribution in [0.2, 0.25) is 0 Å². The predicted molar refractivity (Wildman–Crippen MR) is 94.4 cm³/mol. The summed E-state index contributed by atoms with van der Waals surface area (Å²) in [7, 11) is -3.88. The number of unbranched alkanes of at least 4 members (excludes halogenated alkanes) is 10. The smallest absolute Gasteiger partial charge is 0.862 e. The van der Waals surface area contributed by atoms with E-state index in [4.69, 9.17) is 4.55 Å². The number of hydrogen-bond acceptors (Lipinski definition) is 4. The molecule has 0 saturated carbocycles. The summed E-state index contributed by atoms with van der Waals surface area (Å²) in [6, 6.07) is 0. The molecule has 0 aromatic rings. The van der Waals surface area contributed by atoms with Gasteiger partial charge in [0.25, 0.3) is 10.1 Å². The van der Waals surface area contributed by atoms with Crippen LogP contribution in [-0.4, -0.2) is 31.2 Å². The number of nitrogens with zero attached hydrogens (tertiary/aromatic N) is 1. The molecule has 24 heavy (non-hydrogen) atoms. The van der Waals surface area contributed by atoms with Gasteiger partial charge in [0.2, 0.25) is 0 Å². The average Bonchev–Trinajstić information content (AvgIpc) is 2.47. The second kappa shape index (κ2) is 18.8. The SMILES string of the molecule is CCCCCCCCCCCCC([O-])=NCCCCS(=O)(=O)O.[K+]. The summed E-state index contributed by atoms with van der Waals surface area (Å²) in [5.74, 6) is -0.341. The van der Waals surface area contributed by atoms with Crippen LogP contribution < -0.4 is 56.5 Å². The Morgan fingerprint density at radius 2 is 1.38 bits per heavy atom. The van der Waals surface area contributed by atoms with Gasteiger partial charge in [-0.3, -0.25) is 4.55 Å². The molecule has 0 aromatic carbocycles. The summed E-state index contributed by atoms with van der Waals surface area (Å²) in [5, 5.41) is 11.5. The molecule has 0 saturated heterocycles. The van der Waals surface area contributed by atoms with Gasteiger partial charge < -0.3 is 10.1 Å². The predicted octanol–water partition coefficient (Wildman–Crippen LogP) is 0.728. The van der Waals surface area contributed by atoms with E-state index >= 15 is 0 Å². The third kappa shape index (κ3) is 23.0. The van der Waals surface area contributed by atoms with Crippen LogP contribution >= 0.6 is 0 Å². The standard InChI is InChI=1S/C17H35NO4S.K/c1-2-3-4-5-6-7-8-9-10-11-14-17(19)18-15-12-13-16-23(20,21)22;/h2-16H2,1H3,(H,18,19)(H,20,21,22);/q;+1/p-1. The Morgan fingerprint density at radius 1 is 0.875 bits per heavy atom. The fourth-order valence-corrected chi connectivity index (χ4v) is 3.01. The van der Waals surface area contributed by atoms with Crippen molar-refractivity contribution in [3.63, 3.8) is 0 Å². The molecule has 0 spiro atoms. The Kier molecular flexibility index (Phi) is 21.3. The van der Waals surface area contributed by atoms with Crippen molar-refractivity contribution in [1.29, 1.82) is 0 Å². The fraction of sp³-hybridized carbons (Fsp3) is 0.941. The van der Waals surface area contributed by atoms with Gasteiger partial charge in [-0.15, -0.1) is 0 Å². The van der Waals surface area contributed by atoms with E-state index in [-0.39, 0.29) is 63.0 Å². The van der Waals surface area contributed by atoms with Gasteiger partial charge in [0.05, 0.1) is 5.75 Å². The van der Waals surface area contributed by atoms with Crippen LogP contribution in [0.1, 0.15) is 90.4 Å². The molecular formula is C17H34KNO4S. The summed E-state index contributed by atoms with van der Waals surface area (Å²) < 4.78 is 29.6. The molecule has 0 aliphatic heterocycles. The zero-order valence-electron chi connectivity index (χ0n) is 15.6. The van der Waals surface area contributed by atoms with Gasteiger partial charge >= 0.3 is 51.4 Å². The third-order valence-corrected chi connectivity index (χ3v) is 4.65. The van der Waals surface area contributed by atoms with Crippen LogP contribution in [0.15, 0.2) is 4.99 Å². The number of aliphatic imine (C=N–C) groups is 1. The van der Waals surface area contributed by atoms with Crippen LogP contribution in [0.4, 0.5) is 0 Å². The van der Waals surface area contributed by atoms with Gasteiger partial charge in [-0.25, -0.2) is 0 Å². The Labute approximate surface area is 191 Å². The first-order valence-corrected chi connectivity index (χ1v) is 10.7. The minimum absolute atomic E-state index is 0. The zero-order valence-corrected chi connectivity index (χ0v) is 19.6. The van der Waals surface area contributed by atoms with E-state index < -0.39 is 10.1 Å². The molecule has 0 unspecified atom stereocenters. The molecule has 0 amide bonds. The molecule has 0 aromatic heterocycles. The van der Waals surface area contributed by atoms with Crippen LogP contribution in [-0.2, 0) is 10.1 Å². The molecular weight excluding hydrogens is 353 g/mol. The number of hydrogen-bond donors (Lipinski definition) is 1. The van der Waals surface area contributed by atoms with Crippen molar-refractivity contribution >= 4 is 16.0 Å². The van der Waals surface area contributed by atoms with Crippen molar-refractivity contribution in [1.82, 2.24) is 0 Å². The minimum atomic E-state index is -3.88. The summed E-state index contributed by atoms with van der Waals surface area (Å²) in [5.41, 5.74) is 0. The van der Waals surface area contributed by atoms with Crippen LogP contribution in [0.3, 0.4) is 0 Å². The van der Waals surface area contributed by atoms with E-state index in [1.54, 1.807) is 0 Å². The molecule has 0 bridgehead atoms. The van der Waals surface area contributed by atoms with Gasteiger partial charge in [0, 0.05) is 6.54 Å². The van der Waals surface area contributed by atoms with Crippen LogP contribution in [0, 0.1) is 0 Å². The Bertz CT molecular complexity index is 399. The van der Waals surface area contributed by atoms with E-state index in [9.17, 15) is 13.5 Å². The van der Waals surface area contributed by atoms with Gasteiger partial charge in [0.1, 0.15) is 0 Å². The van der Waals surface area contributed by atoms with E-state index in [2.05, 4.69) is 11.9 Å². The molecule has 0 fully saturated rings. The number of rotatable bonds is 16. The molecule has 0 rings (SSSR count). The van der Waals surface area contributed by atoms with E-state index in [1.807, 2.05) is 0 Å². The van der Waals surface area contributed by atoms with Crippen molar-refractivity contribution < 1.29 is 69.5 Å². The third-order valence-electron chi connectivity index (χ3n) is 3.84. The summed E-state index contributed by atoms with van der Waals surface area (Å²) >= 11 is 0.